The van der Waals surface area contributed by atoms with Crippen LogP contribution < -0.4 is 22.1 Å². The van der Waals surface area contributed by atoms with E-state index in [4.69, 9.17) is 16.9 Å². The topological polar surface area (TPSA) is 116 Å². The number of piperazine rings is 1. The van der Waals surface area contributed by atoms with Crippen molar-refractivity contribution in [3.05, 3.63) is 12.4 Å². The maximum absolute atomic E-state index is 6.97. The normalized spacial score (nSPS) is 17.3. The first kappa shape index (κ1) is 11.3. The highest BCUT2D eigenvalue weighted by Crippen LogP contribution is 2.03. The van der Waals surface area contributed by atoms with E-state index in [1.54, 1.807) is 0 Å². The van der Waals surface area contributed by atoms with E-state index in [1.807, 2.05) is 4.90 Å². The Morgan fingerprint density at radius 2 is 2.00 bits per heavy atom. The molecule has 7 heteroatoms. The predicted molar refractivity (Wildman–Crippen MR) is 60.3 cm³/mol. The maximum atomic E-state index is 6.97. The van der Waals surface area contributed by atoms with Gasteiger partial charge in [-0.1, -0.05) is 6.58 Å². The van der Waals surface area contributed by atoms with E-state index in [-0.39, 0.29) is 11.9 Å². The Balaban J connectivity index is 2.48. The van der Waals surface area contributed by atoms with E-state index < -0.39 is 0 Å². The summed E-state index contributed by atoms with van der Waals surface area (Å²) < 4.78 is 0. The molecule has 0 bridgehead atoms. The number of guanidine groups is 2. The molecule has 7 N–H and O–H groups in total. The van der Waals surface area contributed by atoms with Crippen LogP contribution in [0.1, 0.15) is 0 Å². The summed E-state index contributed by atoms with van der Waals surface area (Å²) in [6.07, 6.45) is 0. The molecular weight excluding hydrogens is 194 g/mol. The number of aliphatic imine (C=N–C) groups is 1. The van der Waals surface area contributed by atoms with Crippen molar-refractivity contribution in [1.29, 1.82) is 5.41 Å². The van der Waals surface area contributed by atoms with Crippen molar-refractivity contribution in [1.82, 2.24) is 15.5 Å². The van der Waals surface area contributed by atoms with Gasteiger partial charge in [0, 0.05) is 26.2 Å². The average Bonchev–Trinajstić information content (AvgIpc) is 2.17. The molecule has 0 spiro atoms. The number of nitrogens with one attached hydrogen (secondary N) is 3. The van der Waals surface area contributed by atoms with Gasteiger partial charge in [-0.3, -0.25) is 10.7 Å². The van der Waals surface area contributed by atoms with Crippen LogP contribution in [0.15, 0.2) is 17.4 Å². The van der Waals surface area contributed by atoms with E-state index in [0.717, 1.165) is 26.2 Å². The van der Waals surface area contributed by atoms with Crippen molar-refractivity contribution in [2.75, 3.05) is 26.2 Å². The molecule has 1 rings (SSSR count). The highest BCUT2D eigenvalue weighted by Gasteiger charge is 2.10. The highest BCUT2D eigenvalue weighted by molar-refractivity contribution is 5.95. The molecule has 0 atom stereocenters. The van der Waals surface area contributed by atoms with Crippen LogP contribution in [0.5, 0.6) is 0 Å². The summed E-state index contributed by atoms with van der Waals surface area (Å²) in [5, 5.41) is 12.6. The number of hydrogen-bond acceptors (Lipinski definition) is 4. The number of nitrogens with zero attached hydrogens (tertiary/aromatic N) is 2. The van der Waals surface area contributed by atoms with Gasteiger partial charge in [0.15, 0.2) is 5.96 Å². The van der Waals surface area contributed by atoms with E-state index in [9.17, 15) is 0 Å². The van der Waals surface area contributed by atoms with E-state index in [2.05, 4.69) is 22.2 Å². The minimum absolute atomic E-state index is 0.0889. The molecule has 1 heterocycles. The van der Waals surface area contributed by atoms with Gasteiger partial charge in [0.25, 0.3) is 0 Å². The van der Waals surface area contributed by atoms with E-state index in [1.165, 1.54) is 0 Å². The zero-order valence-electron chi connectivity index (χ0n) is 8.58. The van der Waals surface area contributed by atoms with Gasteiger partial charge >= 0.3 is 0 Å². The predicted octanol–water partition coefficient (Wildman–Crippen LogP) is -1.84. The molecule has 0 unspecified atom stereocenters. The number of nitrogens with two attached hydrogens (primary N) is 2. The second-order valence-corrected chi connectivity index (χ2v) is 3.19. The van der Waals surface area contributed by atoms with E-state index in [0.29, 0.717) is 5.82 Å². The van der Waals surface area contributed by atoms with Crippen LogP contribution >= 0.6 is 0 Å². The second-order valence-electron chi connectivity index (χ2n) is 3.19. The highest BCUT2D eigenvalue weighted by atomic mass is 15.3. The fourth-order valence-electron chi connectivity index (χ4n) is 1.30. The fourth-order valence-corrected chi connectivity index (χ4v) is 1.30. The van der Waals surface area contributed by atoms with Crippen LogP contribution in [0, 0.1) is 5.41 Å². The lowest BCUT2D eigenvalue weighted by Gasteiger charge is -2.28. The summed E-state index contributed by atoms with van der Waals surface area (Å²) >= 11 is 0. The third kappa shape index (κ3) is 3.86. The molecule has 1 aliphatic heterocycles. The summed E-state index contributed by atoms with van der Waals surface area (Å²) in [6, 6.07) is 0. The molecule has 1 fully saturated rings. The zero-order valence-corrected chi connectivity index (χ0v) is 8.58. The third-order valence-corrected chi connectivity index (χ3v) is 1.99. The average molecular weight is 211 g/mol. The molecular formula is C8H17N7. The molecule has 7 nitrogen and oxygen atoms in total. The Hall–Kier alpha value is -1.76. The standard InChI is InChI=1S/C8H17N7/c1-6(13-8(11)14-7(9)10)15-4-2-12-3-5-15/h12H,1-5H2,(H6,9,10,11,13,14). The summed E-state index contributed by atoms with van der Waals surface area (Å²) in [6.45, 7) is 7.34. The van der Waals surface area contributed by atoms with Gasteiger partial charge in [-0.15, -0.1) is 0 Å². The quantitative estimate of drug-likeness (QED) is 0.272. The van der Waals surface area contributed by atoms with Crippen molar-refractivity contribution in [3.8, 4) is 0 Å². The molecule has 1 saturated heterocycles. The molecule has 0 amide bonds. The third-order valence-electron chi connectivity index (χ3n) is 1.99. The first-order valence-corrected chi connectivity index (χ1v) is 4.69. The van der Waals surface area contributed by atoms with Crippen LogP contribution in [-0.4, -0.2) is 43.0 Å². The zero-order chi connectivity index (χ0) is 11.3. The van der Waals surface area contributed by atoms with Gasteiger partial charge in [-0.2, -0.15) is 4.99 Å². The van der Waals surface area contributed by atoms with Crippen molar-refractivity contribution in [2.45, 2.75) is 0 Å². The number of hydrogen-bond donors (Lipinski definition) is 5. The van der Waals surface area contributed by atoms with Gasteiger partial charge in [-0.25, -0.2) is 0 Å². The Bertz CT molecular complexity index is 277. The Labute approximate surface area is 88.7 Å². The largest absolute Gasteiger partial charge is 0.370 e. The summed E-state index contributed by atoms with van der Waals surface area (Å²) in [4.78, 5) is 6.03. The lowest BCUT2D eigenvalue weighted by Crippen LogP contribution is -2.44. The molecule has 0 aromatic rings. The molecule has 84 valence electrons. The van der Waals surface area contributed by atoms with Gasteiger partial charge in [0.05, 0.1) is 0 Å². The van der Waals surface area contributed by atoms with Crippen LogP contribution in [0.3, 0.4) is 0 Å². The van der Waals surface area contributed by atoms with Crippen molar-refractivity contribution in [3.63, 3.8) is 0 Å². The molecule has 0 saturated carbocycles. The smallest absolute Gasteiger partial charge is 0.202 e. The van der Waals surface area contributed by atoms with Crippen molar-refractivity contribution >= 4 is 11.9 Å². The molecule has 1 aliphatic rings. The Morgan fingerprint density at radius 1 is 1.40 bits per heavy atom. The van der Waals surface area contributed by atoms with Gasteiger partial charge in [0.2, 0.25) is 5.96 Å². The first-order valence-electron chi connectivity index (χ1n) is 4.69. The summed E-state index contributed by atoms with van der Waals surface area (Å²) in [5.41, 5.74) is 10.6. The van der Waals surface area contributed by atoms with Crippen LogP contribution in [0.4, 0.5) is 0 Å². The van der Waals surface area contributed by atoms with E-state index >= 15 is 0 Å². The van der Waals surface area contributed by atoms with Crippen molar-refractivity contribution in [2.24, 2.45) is 16.5 Å². The summed E-state index contributed by atoms with van der Waals surface area (Å²) in [7, 11) is 0. The molecule has 0 radical (unpaired) electrons. The van der Waals surface area contributed by atoms with Crippen LogP contribution in [-0.2, 0) is 0 Å². The fraction of sp³-hybridized carbons (Fsp3) is 0.500. The lowest BCUT2D eigenvalue weighted by atomic mass is 10.4. The first-order chi connectivity index (χ1) is 7.09. The molecule has 0 aliphatic carbocycles. The van der Waals surface area contributed by atoms with Gasteiger partial charge < -0.3 is 21.7 Å². The molecule has 15 heavy (non-hydrogen) atoms. The lowest BCUT2D eigenvalue weighted by molar-refractivity contribution is 0.298. The molecule has 0 aromatic heterocycles. The van der Waals surface area contributed by atoms with Crippen molar-refractivity contribution < 1.29 is 0 Å². The Kier molecular flexibility index (Phi) is 3.92. The summed E-state index contributed by atoms with van der Waals surface area (Å²) in [5.74, 6) is 0.443. The minimum atomic E-state index is -0.232. The van der Waals surface area contributed by atoms with Crippen LogP contribution in [0.25, 0.3) is 0 Å². The van der Waals surface area contributed by atoms with Crippen LogP contribution in [0.2, 0.25) is 0 Å². The number of rotatable bonds is 2. The SMILES string of the molecule is C=C(N=C(N)NC(=N)N)N1CCNCC1. The monoisotopic (exact) mass is 211 g/mol. The van der Waals surface area contributed by atoms with Gasteiger partial charge in [-0.05, 0) is 0 Å². The maximum Gasteiger partial charge on any atom is 0.202 e. The van der Waals surface area contributed by atoms with Gasteiger partial charge in [0.1, 0.15) is 5.82 Å². The minimum Gasteiger partial charge on any atom is -0.370 e. The second kappa shape index (κ2) is 5.20. The molecule has 0 aromatic carbocycles. The Morgan fingerprint density at radius 3 is 2.53 bits per heavy atom.